The van der Waals surface area contributed by atoms with Crippen LogP contribution in [0.4, 0.5) is 11.4 Å². The van der Waals surface area contributed by atoms with Crippen LogP contribution in [-0.2, 0) is 0 Å². The summed E-state index contributed by atoms with van der Waals surface area (Å²) in [7, 11) is 0. The molecule has 270 valence electrons. The van der Waals surface area contributed by atoms with Crippen molar-refractivity contribution in [3.05, 3.63) is 12.1 Å². The maximum Gasteiger partial charge on any atom is 0.163 e. The summed E-state index contributed by atoms with van der Waals surface area (Å²) in [4.78, 5) is 0. The summed E-state index contributed by atoms with van der Waals surface area (Å²) in [5, 5.41) is 0. The minimum atomic E-state index is 0.566. The van der Waals surface area contributed by atoms with Crippen molar-refractivity contribution in [1.82, 2.24) is 0 Å². The lowest BCUT2D eigenvalue weighted by Gasteiger charge is -2.15. The van der Waals surface area contributed by atoms with Crippen molar-refractivity contribution < 1.29 is 9.47 Å². The molecule has 46 heavy (non-hydrogen) atoms. The zero-order valence-electron chi connectivity index (χ0n) is 31.2. The molecule has 0 aliphatic carbocycles. The Morgan fingerprint density at radius 3 is 0.739 bits per heavy atom. The van der Waals surface area contributed by atoms with Crippen LogP contribution in [0.3, 0.4) is 0 Å². The molecule has 0 bridgehead atoms. The van der Waals surface area contributed by atoms with Gasteiger partial charge in [-0.15, -0.1) is 0 Å². The van der Waals surface area contributed by atoms with Crippen molar-refractivity contribution >= 4 is 11.4 Å². The third kappa shape index (κ3) is 26.5. The first-order valence-electron chi connectivity index (χ1n) is 20.6. The van der Waals surface area contributed by atoms with Crippen LogP contribution in [0, 0.1) is 0 Å². The number of anilines is 2. The highest BCUT2D eigenvalue weighted by molar-refractivity contribution is 5.69. The Morgan fingerprint density at radius 1 is 0.326 bits per heavy atom. The molecule has 0 amide bonds. The van der Waals surface area contributed by atoms with E-state index < -0.39 is 0 Å². The van der Waals surface area contributed by atoms with Crippen LogP contribution in [0.25, 0.3) is 0 Å². The van der Waals surface area contributed by atoms with E-state index in [0.29, 0.717) is 24.6 Å². The maximum atomic E-state index is 6.12. The van der Waals surface area contributed by atoms with Gasteiger partial charge in [0.2, 0.25) is 0 Å². The average molecular weight is 645 g/mol. The Labute approximate surface area is 287 Å². The number of nitrogen functional groups attached to an aromatic ring is 2. The number of benzene rings is 1. The Kier molecular flexibility index (Phi) is 30.7. The van der Waals surface area contributed by atoms with Crippen LogP contribution >= 0.6 is 0 Å². The molecular weight excluding hydrogens is 564 g/mol. The first-order chi connectivity index (χ1) is 22.7. The van der Waals surface area contributed by atoms with Crippen molar-refractivity contribution in [2.24, 2.45) is 0 Å². The second-order valence-electron chi connectivity index (χ2n) is 14.2. The van der Waals surface area contributed by atoms with Gasteiger partial charge in [-0.25, -0.2) is 0 Å². The molecule has 4 nitrogen and oxygen atoms in total. The number of hydrogen-bond donors (Lipinski definition) is 2. The van der Waals surface area contributed by atoms with Crippen molar-refractivity contribution in [3.63, 3.8) is 0 Å². The monoisotopic (exact) mass is 645 g/mol. The molecule has 0 aliphatic heterocycles. The van der Waals surface area contributed by atoms with E-state index in [1.807, 2.05) is 12.1 Å². The van der Waals surface area contributed by atoms with Gasteiger partial charge < -0.3 is 20.9 Å². The predicted octanol–water partition coefficient (Wildman–Crippen LogP) is 14.1. The molecule has 0 spiro atoms. The minimum Gasteiger partial charge on any atom is -0.490 e. The molecule has 1 aromatic carbocycles. The van der Waals surface area contributed by atoms with E-state index in [2.05, 4.69) is 13.8 Å². The van der Waals surface area contributed by atoms with Crippen molar-refractivity contribution in [3.8, 4) is 11.5 Å². The summed E-state index contributed by atoms with van der Waals surface area (Å²) >= 11 is 0. The fourth-order valence-electron chi connectivity index (χ4n) is 6.48. The number of unbranched alkanes of at least 4 members (excludes halogenated alkanes) is 30. The lowest BCUT2D eigenvalue weighted by molar-refractivity contribution is 0.258. The second-order valence-corrected chi connectivity index (χ2v) is 14.2. The van der Waals surface area contributed by atoms with E-state index in [1.54, 1.807) is 0 Å². The normalized spacial score (nSPS) is 11.3. The van der Waals surface area contributed by atoms with Crippen LogP contribution in [0.5, 0.6) is 11.5 Å². The molecule has 0 fully saturated rings. The van der Waals surface area contributed by atoms with Crippen LogP contribution < -0.4 is 20.9 Å². The molecule has 0 aliphatic rings. The van der Waals surface area contributed by atoms with Crippen LogP contribution in [0.2, 0.25) is 0 Å². The standard InChI is InChI=1S/C42H80N2O2/c1-3-5-7-9-11-13-15-17-19-21-23-25-27-29-31-33-35-45-41-37-39(43)40(44)38-42(41)46-36-34-32-30-28-26-24-22-20-18-16-14-12-10-8-6-4-2/h37-38H,3-36,43-44H2,1-2H3. The fourth-order valence-corrected chi connectivity index (χ4v) is 6.48. The molecule has 1 aromatic rings. The van der Waals surface area contributed by atoms with E-state index in [1.165, 1.54) is 193 Å². The molecule has 0 unspecified atom stereocenters. The number of rotatable bonds is 36. The van der Waals surface area contributed by atoms with Gasteiger partial charge in [0.05, 0.1) is 24.6 Å². The van der Waals surface area contributed by atoms with Crippen molar-refractivity contribution in [2.75, 3.05) is 24.7 Å². The molecule has 0 radical (unpaired) electrons. The Hall–Kier alpha value is -1.58. The Morgan fingerprint density at radius 2 is 0.522 bits per heavy atom. The average Bonchev–Trinajstić information content (AvgIpc) is 3.05. The number of hydrogen-bond acceptors (Lipinski definition) is 4. The molecule has 0 aromatic heterocycles. The largest absolute Gasteiger partial charge is 0.490 e. The highest BCUT2D eigenvalue weighted by Crippen LogP contribution is 2.34. The summed E-state index contributed by atoms with van der Waals surface area (Å²) in [6, 6.07) is 3.68. The fraction of sp³-hybridized carbons (Fsp3) is 0.857. The Bertz CT molecular complexity index is 705. The first kappa shape index (κ1) is 42.4. The van der Waals surface area contributed by atoms with E-state index in [9.17, 15) is 0 Å². The summed E-state index contributed by atoms with van der Waals surface area (Å²) in [5.74, 6) is 1.48. The highest BCUT2D eigenvalue weighted by Gasteiger charge is 2.09. The summed E-state index contributed by atoms with van der Waals surface area (Å²) in [5.41, 5.74) is 13.3. The molecule has 1 rings (SSSR count). The zero-order valence-corrected chi connectivity index (χ0v) is 31.2. The third-order valence-electron chi connectivity index (χ3n) is 9.66. The summed E-state index contributed by atoms with van der Waals surface area (Å²) in [6.07, 6.45) is 44.0. The lowest BCUT2D eigenvalue weighted by Crippen LogP contribution is -2.05. The number of nitrogens with two attached hydrogens (primary N) is 2. The van der Waals surface area contributed by atoms with Gasteiger partial charge in [0.25, 0.3) is 0 Å². The molecule has 4 heteroatoms. The third-order valence-corrected chi connectivity index (χ3v) is 9.66. The molecule has 4 N–H and O–H groups in total. The summed E-state index contributed by atoms with van der Waals surface area (Å²) < 4.78 is 12.2. The van der Waals surface area contributed by atoms with Gasteiger partial charge >= 0.3 is 0 Å². The zero-order chi connectivity index (χ0) is 33.2. The topological polar surface area (TPSA) is 70.5 Å². The predicted molar refractivity (Wildman–Crippen MR) is 205 cm³/mol. The summed E-state index contributed by atoms with van der Waals surface area (Å²) in [6.45, 7) is 6.00. The number of ether oxygens (including phenoxy) is 2. The minimum absolute atomic E-state index is 0.566. The SMILES string of the molecule is CCCCCCCCCCCCCCCCCCOc1cc(N)c(N)cc1OCCCCCCCCCCCCCCCCCC. The Balaban J connectivity index is 1.99. The van der Waals surface area contributed by atoms with E-state index in [4.69, 9.17) is 20.9 Å². The van der Waals surface area contributed by atoms with E-state index in [-0.39, 0.29) is 0 Å². The molecule has 0 atom stereocenters. The van der Waals surface area contributed by atoms with Gasteiger partial charge in [-0.1, -0.05) is 206 Å². The van der Waals surface area contributed by atoms with Crippen LogP contribution in [0.15, 0.2) is 12.1 Å². The molecular formula is C42H80N2O2. The van der Waals surface area contributed by atoms with Gasteiger partial charge in [0, 0.05) is 12.1 Å². The lowest BCUT2D eigenvalue weighted by atomic mass is 10.0. The first-order valence-corrected chi connectivity index (χ1v) is 20.6. The van der Waals surface area contributed by atoms with Gasteiger partial charge in [-0.05, 0) is 12.8 Å². The quantitative estimate of drug-likeness (QED) is 0.0563. The molecule has 0 saturated carbocycles. The van der Waals surface area contributed by atoms with Gasteiger partial charge in [-0.2, -0.15) is 0 Å². The second kappa shape index (κ2) is 33.3. The molecule has 0 heterocycles. The van der Waals surface area contributed by atoms with Gasteiger partial charge in [-0.3, -0.25) is 0 Å². The highest BCUT2D eigenvalue weighted by atomic mass is 16.5. The smallest absolute Gasteiger partial charge is 0.163 e. The van der Waals surface area contributed by atoms with E-state index >= 15 is 0 Å². The maximum absolute atomic E-state index is 6.12. The van der Waals surface area contributed by atoms with Crippen molar-refractivity contribution in [1.29, 1.82) is 0 Å². The van der Waals surface area contributed by atoms with Crippen LogP contribution in [-0.4, -0.2) is 13.2 Å². The van der Waals surface area contributed by atoms with E-state index in [0.717, 1.165) is 24.3 Å². The van der Waals surface area contributed by atoms with Crippen molar-refractivity contribution in [2.45, 2.75) is 219 Å². The van der Waals surface area contributed by atoms with Gasteiger partial charge in [0.1, 0.15) is 0 Å². The van der Waals surface area contributed by atoms with Crippen LogP contribution in [0.1, 0.15) is 219 Å². The molecule has 0 saturated heterocycles. The van der Waals surface area contributed by atoms with Gasteiger partial charge in [0.15, 0.2) is 11.5 Å².